The summed E-state index contributed by atoms with van der Waals surface area (Å²) in [7, 11) is 1.65. The van der Waals surface area contributed by atoms with Crippen molar-refractivity contribution in [2.45, 2.75) is 44.8 Å². The molecule has 0 aromatic heterocycles. The van der Waals surface area contributed by atoms with Gasteiger partial charge in [0.05, 0.1) is 7.11 Å². The van der Waals surface area contributed by atoms with E-state index in [1.165, 1.54) is 32.1 Å². The fourth-order valence-corrected chi connectivity index (χ4v) is 3.73. The van der Waals surface area contributed by atoms with Gasteiger partial charge in [0, 0.05) is 25.4 Å². The molecule has 0 saturated carbocycles. The van der Waals surface area contributed by atoms with Crippen molar-refractivity contribution in [2.24, 2.45) is 0 Å². The Morgan fingerprint density at radius 2 is 1.89 bits per heavy atom. The van der Waals surface area contributed by atoms with E-state index in [-0.39, 0.29) is 6.61 Å². The van der Waals surface area contributed by atoms with Gasteiger partial charge in [-0.2, -0.15) is 11.8 Å². The van der Waals surface area contributed by atoms with Crippen LogP contribution in [0.25, 0.3) is 0 Å². The van der Waals surface area contributed by atoms with Gasteiger partial charge < -0.3 is 24.8 Å². The fraction of sp³-hybridized carbons (Fsp3) is 0.714. The van der Waals surface area contributed by atoms with Crippen molar-refractivity contribution in [3.63, 3.8) is 0 Å². The third kappa shape index (κ3) is 8.73. The summed E-state index contributed by atoms with van der Waals surface area (Å²) in [5.74, 6) is 2.51. The Hall–Kier alpha value is -0.950. The number of thioether (sulfide) groups is 1. The minimum Gasteiger partial charge on any atom is -0.493 e. The molecule has 1 aliphatic heterocycles. The number of aliphatic hydroxyl groups excluding tert-OH is 1. The van der Waals surface area contributed by atoms with E-state index in [0.717, 1.165) is 37.5 Å². The van der Waals surface area contributed by atoms with Crippen LogP contribution in [0.15, 0.2) is 18.2 Å². The van der Waals surface area contributed by atoms with Gasteiger partial charge in [0.1, 0.15) is 12.7 Å². The lowest BCUT2D eigenvalue weighted by Crippen LogP contribution is -2.37. The maximum absolute atomic E-state index is 10.4. The second-order valence-corrected chi connectivity index (χ2v) is 8.17. The number of nitrogens with one attached hydrogen (secondary N) is 1. The number of likely N-dealkylation sites (tertiary alicyclic amines) is 1. The van der Waals surface area contributed by atoms with Crippen LogP contribution in [-0.4, -0.2) is 68.0 Å². The lowest BCUT2D eigenvalue weighted by Gasteiger charge is -2.26. The molecule has 1 atom stereocenters. The molecule has 0 bridgehead atoms. The van der Waals surface area contributed by atoms with Gasteiger partial charge in [-0.25, -0.2) is 0 Å². The van der Waals surface area contributed by atoms with E-state index in [1.54, 1.807) is 7.11 Å². The van der Waals surface area contributed by atoms with E-state index in [2.05, 4.69) is 22.5 Å². The average Bonchev–Trinajstić information content (AvgIpc) is 2.65. The quantitative estimate of drug-likeness (QED) is 0.561. The molecule has 1 aromatic carbocycles. The number of β-amino-alcohol motifs (C(OH)–C–C–N with tert-alkyl or cyclic N) is 1. The molecule has 154 valence electrons. The predicted octanol–water partition coefficient (Wildman–Crippen LogP) is 3.15. The standard InChI is InChI=1S/C21H36N2O3S/c1-25-20-9-8-18(15-22-10-13-27-2)14-21(20)26-17-19(24)16-23-11-6-4-3-5-7-12-23/h8-9,14,19,22,24H,3-7,10-13,15-17H2,1-2H3/t19-/m0/s1. The van der Waals surface area contributed by atoms with Crippen molar-refractivity contribution in [3.8, 4) is 11.5 Å². The molecule has 0 spiro atoms. The number of hydrogen-bond donors (Lipinski definition) is 2. The summed E-state index contributed by atoms with van der Waals surface area (Å²) in [5, 5.41) is 13.9. The van der Waals surface area contributed by atoms with Crippen LogP contribution in [0, 0.1) is 0 Å². The molecule has 1 fully saturated rings. The second kappa shape index (κ2) is 13.3. The molecule has 0 aliphatic carbocycles. The van der Waals surface area contributed by atoms with Crippen LogP contribution in [0.4, 0.5) is 0 Å². The van der Waals surface area contributed by atoms with Gasteiger partial charge in [0.25, 0.3) is 0 Å². The van der Waals surface area contributed by atoms with Crippen molar-refractivity contribution in [3.05, 3.63) is 23.8 Å². The topological polar surface area (TPSA) is 54.0 Å². The number of ether oxygens (including phenoxy) is 2. The molecule has 2 N–H and O–H groups in total. The van der Waals surface area contributed by atoms with Gasteiger partial charge in [-0.15, -0.1) is 0 Å². The second-order valence-electron chi connectivity index (χ2n) is 7.19. The molecule has 1 saturated heterocycles. The molecule has 6 heteroatoms. The molecule has 0 radical (unpaired) electrons. The minimum atomic E-state index is -0.488. The maximum Gasteiger partial charge on any atom is 0.161 e. The first kappa shape index (κ1) is 22.3. The van der Waals surface area contributed by atoms with Crippen molar-refractivity contribution >= 4 is 11.8 Å². The van der Waals surface area contributed by atoms with Crippen LogP contribution in [-0.2, 0) is 6.54 Å². The highest BCUT2D eigenvalue weighted by atomic mass is 32.2. The summed E-state index contributed by atoms with van der Waals surface area (Å²) in [6.45, 7) is 4.92. The summed E-state index contributed by atoms with van der Waals surface area (Å²) < 4.78 is 11.3. The van der Waals surface area contributed by atoms with Gasteiger partial charge in [-0.05, 0) is 49.9 Å². The Kier molecular flexibility index (Phi) is 11.0. The normalized spacial score (nSPS) is 17.1. The third-order valence-electron chi connectivity index (χ3n) is 4.89. The maximum atomic E-state index is 10.4. The van der Waals surface area contributed by atoms with E-state index in [4.69, 9.17) is 9.47 Å². The van der Waals surface area contributed by atoms with E-state index >= 15 is 0 Å². The molecule has 1 aliphatic rings. The van der Waals surface area contributed by atoms with Crippen LogP contribution in [0.3, 0.4) is 0 Å². The number of benzene rings is 1. The van der Waals surface area contributed by atoms with Crippen molar-refractivity contribution in [2.75, 3.05) is 51.9 Å². The Bertz CT molecular complexity index is 522. The molecule has 0 unspecified atom stereocenters. The van der Waals surface area contributed by atoms with Gasteiger partial charge >= 0.3 is 0 Å². The van der Waals surface area contributed by atoms with E-state index in [1.807, 2.05) is 23.9 Å². The Balaban J connectivity index is 1.82. The Morgan fingerprint density at radius 3 is 2.59 bits per heavy atom. The van der Waals surface area contributed by atoms with E-state index < -0.39 is 6.10 Å². The summed E-state index contributed by atoms with van der Waals surface area (Å²) in [6.07, 6.45) is 8.04. The number of nitrogens with zero attached hydrogens (tertiary/aromatic N) is 1. The van der Waals surface area contributed by atoms with Crippen LogP contribution in [0.1, 0.15) is 37.7 Å². The third-order valence-corrected chi connectivity index (χ3v) is 5.50. The highest BCUT2D eigenvalue weighted by molar-refractivity contribution is 7.98. The molecular weight excluding hydrogens is 360 g/mol. The van der Waals surface area contributed by atoms with Crippen molar-refractivity contribution < 1.29 is 14.6 Å². The van der Waals surface area contributed by atoms with Crippen LogP contribution >= 0.6 is 11.8 Å². The predicted molar refractivity (Wildman–Crippen MR) is 114 cm³/mol. The van der Waals surface area contributed by atoms with Gasteiger partial charge in [0.15, 0.2) is 11.5 Å². The molecule has 0 amide bonds. The van der Waals surface area contributed by atoms with Gasteiger partial charge in [-0.3, -0.25) is 0 Å². The Morgan fingerprint density at radius 1 is 1.15 bits per heavy atom. The highest BCUT2D eigenvalue weighted by Crippen LogP contribution is 2.28. The molecule has 1 aromatic rings. The molecule has 27 heavy (non-hydrogen) atoms. The average molecular weight is 397 g/mol. The van der Waals surface area contributed by atoms with Crippen molar-refractivity contribution in [1.82, 2.24) is 10.2 Å². The molecule has 5 nitrogen and oxygen atoms in total. The van der Waals surface area contributed by atoms with E-state index in [0.29, 0.717) is 18.0 Å². The zero-order valence-corrected chi connectivity index (χ0v) is 17.7. The molecule has 2 rings (SSSR count). The summed E-state index contributed by atoms with van der Waals surface area (Å²) >= 11 is 1.83. The number of rotatable bonds is 11. The van der Waals surface area contributed by atoms with Crippen LogP contribution < -0.4 is 14.8 Å². The zero-order valence-electron chi connectivity index (χ0n) is 16.9. The number of aliphatic hydroxyl groups is 1. The van der Waals surface area contributed by atoms with Gasteiger partial charge in [-0.1, -0.05) is 25.3 Å². The van der Waals surface area contributed by atoms with Crippen LogP contribution in [0.5, 0.6) is 11.5 Å². The number of hydrogen-bond acceptors (Lipinski definition) is 6. The fourth-order valence-electron chi connectivity index (χ4n) is 3.38. The first-order chi connectivity index (χ1) is 13.2. The smallest absolute Gasteiger partial charge is 0.161 e. The summed E-state index contributed by atoms with van der Waals surface area (Å²) in [4.78, 5) is 2.37. The first-order valence-corrected chi connectivity index (χ1v) is 11.5. The molecular formula is C21H36N2O3S. The summed E-state index contributed by atoms with van der Waals surface area (Å²) in [5.41, 5.74) is 1.16. The highest BCUT2D eigenvalue weighted by Gasteiger charge is 2.15. The first-order valence-electron chi connectivity index (χ1n) is 10.1. The SMILES string of the molecule is COc1ccc(CNCCSC)cc1OC[C@@H](O)CN1CCCCCCC1. The monoisotopic (exact) mass is 396 g/mol. The van der Waals surface area contributed by atoms with Crippen molar-refractivity contribution in [1.29, 1.82) is 0 Å². The lowest BCUT2D eigenvalue weighted by molar-refractivity contribution is 0.0644. The largest absolute Gasteiger partial charge is 0.493 e. The lowest BCUT2D eigenvalue weighted by atomic mass is 10.1. The number of methoxy groups -OCH3 is 1. The van der Waals surface area contributed by atoms with Crippen LogP contribution in [0.2, 0.25) is 0 Å². The summed E-state index contributed by atoms with van der Waals surface area (Å²) in [6, 6.07) is 5.99. The zero-order chi connectivity index (χ0) is 19.3. The van der Waals surface area contributed by atoms with Gasteiger partial charge in [0.2, 0.25) is 0 Å². The van der Waals surface area contributed by atoms with E-state index in [9.17, 15) is 5.11 Å². The Labute approximate surface area is 168 Å². The molecule has 1 heterocycles. The minimum absolute atomic E-state index is 0.288.